The Morgan fingerprint density at radius 2 is 2.00 bits per heavy atom. The highest BCUT2D eigenvalue weighted by atomic mass is 19.4. The maximum absolute atomic E-state index is 12.4. The molecule has 0 fully saturated rings. The summed E-state index contributed by atoms with van der Waals surface area (Å²) in [5.74, 6) is 0.241. The highest BCUT2D eigenvalue weighted by molar-refractivity contribution is 5.38. The van der Waals surface area contributed by atoms with Crippen LogP contribution in [0.4, 0.5) is 19.0 Å². The lowest BCUT2D eigenvalue weighted by molar-refractivity contribution is -0.137. The van der Waals surface area contributed by atoms with Gasteiger partial charge in [0.25, 0.3) is 0 Å². The first-order valence-electron chi connectivity index (χ1n) is 5.40. The average molecular weight is 247 g/mol. The van der Waals surface area contributed by atoms with Crippen LogP contribution in [-0.4, -0.2) is 24.1 Å². The molecular weight excluding hydrogens is 231 g/mol. The van der Waals surface area contributed by atoms with Crippen molar-refractivity contribution in [3.05, 3.63) is 23.9 Å². The number of aromatic nitrogens is 1. The topological polar surface area (TPSA) is 37.0 Å². The van der Waals surface area contributed by atoms with Crippen molar-refractivity contribution in [3.63, 3.8) is 0 Å². The van der Waals surface area contributed by atoms with Crippen LogP contribution in [0, 0.1) is 0 Å². The molecule has 1 aromatic heterocycles. The number of alkyl halides is 3. The van der Waals surface area contributed by atoms with Gasteiger partial charge in [-0.15, -0.1) is 0 Å². The summed E-state index contributed by atoms with van der Waals surface area (Å²) in [6.45, 7) is 5.22. The van der Waals surface area contributed by atoms with Gasteiger partial charge in [-0.1, -0.05) is 13.8 Å². The number of hydrogen-bond donors (Lipinski definition) is 2. The van der Waals surface area contributed by atoms with Gasteiger partial charge in [-0.2, -0.15) is 13.2 Å². The summed E-state index contributed by atoms with van der Waals surface area (Å²) in [5.41, 5.74) is -0.688. The highest BCUT2D eigenvalue weighted by Gasteiger charge is 2.30. The fourth-order valence-electron chi connectivity index (χ4n) is 1.25. The van der Waals surface area contributed by atoms with Crippen molar-refractivity contribution in [2.45, 2.75) is 26.1 Å². The lowest BCUT2D eigenvalue weighted by Crippen LogP contribution is -2.28. The van der Waals surface area contributed by atoms with E-state index in [0.717, 1.165) is 18.3 Å². The normalized spacial score (nSPS) is 11.9. The molecule has 96 valence electrons. The summed E-state index contributed by atoms with van der Waals surface area (Å²) in [5, 5.41) is 5.99. The summed E-state index contributed by atoms with van der Waals surface area (Å²) >= 11 is 0. The van der Waals surface area contributed by atoms with Crippen molar-refractivity contribution in [2.24, 2.45) is 0 Å². The molecule has 0 aliphatic carbocycles. The third-order valence-corrected chi connectivity index (χ3v) is 2.07. The van der Waals surface area contributed by atoms with Crippen LogP contribution in [0.25, 0.3) is 0 Å². The maximum Gasteiger partial charge on any atom is 0.416 e. The molecule has 0 unspecified atom stereocenters. The van der Waals surface area contributed by atoms with Crippen molar-refractivity contribution >= 4 is 5.82 Å². The predicted octanol–water partition coefficient (Wildman–Crippen LogP) is 2.51. The first kappa shape index (κ1) is 13.8. The van der Waals surface area contributed by atoms with Crippen molar-refractivity contribution in [3.8, 4) is 0 Å². The molecule has 6 heteroatoms. The Kier molecular flexibility index (Phi) is 4.74. The second-order valence-corrected chi connectivity index (χ2v) is 3.96. The zero-order valence-electron chi connectivity index (χ0n) is 9.80. The Morgan fingerprint density at radius 1 is 1.29 bits per heavy atom. The number of anilines is 1. The minimum absolute atomic E-state index is 0.241. The number of hydrogen-bond acceptors (Lipinski definition) is 3. The molecule has 0 aromatic carbocycles. The summed E-state index contributed by atoms with van der Waals surface area (Å²) in [7, 11) is 0. The van der Waals surface area contributed by atoms with Crippen LogP contribution in [0.1, 0.15) is 19.4 Å². The number of pyridine rings is 1. The van der Waals surface area contributed by atoms with E-state index in [4.69, 9.17) is 0 Å². The Hall–Kier alpha value is -1.30. The maximum atomic E-state index is 12.4. The van der Waals surface area contributed by atoms with Gasteiger partial charge in [-0.05, 0) is 12.1 Å². The summed E-state index contributed by atoms with van der Waals surface area (Å²) in [6.07, 6.45) is -3.17. The summed E-state index contributed by atoms with van der Waals surface area (Å²) < 4.78 is 37.2. The van der Waals surface area contributed by atoms with Crippen molar-refractivity contribution < 1.29 is 13.2 Å². The minimum atomic E-state index is -4.32. The number of nitrogens with zero attached hydrogens (tertiary/aromatic N) is 1. The summed E-state index contributed by atoms with van der Waals surface area (Å²) in [4.78, 5) is 3.83. The Bertz CT molecular complexity index is 350. The van der Waals surface area contributed by atoms with E-state index in [-0.39, 0.29) is 5.82 Å². The van der Waals surface area contributed by atoms with Crippen LogP contribution in [0.3, 0.4) is 0 Å². The van der Waals surface area contributed by atoms with Crippen molar-refractivity contribution in [1.29, 1.82) is 0 Å². The van der Waals surface area contributed by atoms with Crippen LogP contribution in [0.2, 0.25) is 0 Å². The second kappa shape index (κ2) is 5.86. The van der Waals surface area contributed by atoms with E-state index in [2.05, 4.69) is 15.6 Å². The Balaban J connectivity index is 2.49. The van der Waals surface area contributed by atoms with E-state index in [9.17, 15) is 13.2 Å². The first-order valence-corrected chi connectivity index (χ1v) is 5.40. The third kappa shape index (κ3) is 5.04. The number of rotatable bonds is 5. The highest BCUT2D eigenvalue weighted by Crippen LogP contribution is 2.29. The molecule has 1 aromatic rings. The van der Waals surface area contributed by atoms with Gasteiger partial charge >= 0.3 is 6.18 Å². The second-order valence-electron chi connectivity index (χ2n) is 3.96. The Morgan fingerprint density at radius 3 is 2.59 bits per heavy atom. The van der Waals surface area contributed by atoms with E-state index in [1.165, 1.54) is 0 Å². The van der Waals surface area contributed by atoms with Gasteiger partial charge in [0, 0.05) is 25.3 Å². The number of nitrogens with one attached hydrogen (secondary N) is 2. The number of halogens is 3. The molecule has 0 atom stereocenters. The van der Waals surface area contributed by atoms with Crippen molar-refractivity contribution in [1.82, 2.24) is 10.3 Å². The lowest BCUT2D eigenvalue weighted by Gasteiger charge is -2.11. The molecule has 0 spiro atoms. The van der Waals surface area contributed by atoms with Gasteiger partial charge < -0.3 is 10.6 Å². The zero-order chi connectivity index (χ0) is 12.9. The predicted molar refractivity (Wildman–Crippen MR) is 60.9 cm³/mol. The van der Waals surface area contributed by atoms with Gasteiger partial charge in [0.2, 0.25) is 0 Å². The van der Waals surface area contributed by atoms with E-state index < -0.39 is 11.7 Å². The molecule has 0 radical (unpaired) electrons. The van der Waals surface area contributed by atoms with E-state index in [1.54, 1.807) is 0 Å². The average Bonchev–Trinajstić information content (AvgIpc) is 2.23. The third-order valence-electron chi connectivity index (χ3n) is 2.07. The fourth-order valence-corrected chi connectivity index (χ4v) is 1.25. The largest absolute Gasteiger partial charge is 0.416 e. The molecule has 1 rings (SSSR count). The zero-order valence-corrected chi connectivity index (χ0v) is 9.80. The van der Waals surface area contributed by atoms with Crippen LogP contribution < -0.4 is 10.6 Å². The van der Waals surface area contributed by atoms with Crippen LogP contribution in [-0.2, 0) is 6.18 Å². The molecule has 3 nitrogen and oxygen atoms in total. The molecule has 0 saturated heterocycles. The van der Waals surface area contributed by atoms with Crippen molar-refractivity contribution in [2.75, 3.05) is 18.4 Å². The van der Waals surface area contributed by atoms with E-state index in [0.29, 0.717) is 19.1 Å². The molecule has 0 saturated carbocycles. The molecule has 0 aliphatic rings. The van der Waals surface area contributed by atoms with Gasteiger partial charge in [0.05, 0.1) is 5.56 Å². The molecule has 17 heavy (non-hydrogen) atoms. The standard InChI is InChI=1S/C11H16F3N3/c1-8(2)15-5-6-17-10-7-9(3-4-16-10)11(12,13)14/h3-4,7-8,15H,5-6H2,1-2H3,(H,16,17). The van der Waals surface area contributed by atoms with Gasteiger partial charge in [-0.3, -0.25) is 0 Å². The Labute approximate surface area is 98.4 Å². The minimum Gasteiger partial charge on any atom is -0.369 e. The monoisotopic (exact) mass is 247 g/mol. The van der Waals surface area contributed by atoms with E-state index >= 15 is 0 Å². The molecule has 1 heterocycles. The smallest absolute Gasteiger partial charge is 0.369 e. The molecule has 0 aliphatic heterocycles. The lowest BCUT2D eigenvalue weighted by atomic mass is 10.2. The SMILES string of the molecule is CC(C)NCCNc1cc(C(F)(F)F)ccn1. The molecular formula is C11H16F3N3. The summed E-state index contributed by atoms with van der Waals surface area (Å²) in [6, 6.07) is 2.32. The molecule has 0 bridgehead atoms. The quantitative estimate of drug-likeness (QED) is 0.785. The van der Waals surface area contributed by atoms with E-state index in [1.807, 2.05) is 13.8 Å². The molecule has 2 N–H and O–H groups in total. The van der Waals surface area contributed by atoms with Gasteiger partial charge in [0.15, 0.2) is 0 Å². The van der Waals surface area contributed by atoms with Crippen LogP contribution >= 0.6 is 0 Å². The van der Waals surface area contributed by atoms with Crippen LogP contribution in [0.15, 0.2) is 18.3 Å². The van der Waals surface area contributed by atoms with Crippen LogP contribution in [0.5, 0.6) is 0 Å². The van der Waals surface area contributed by atoms with Gasteiger partial charge in [0.1, 0.15) is 5.82 Å². The van der Waals surface area contributed by atoms with Gasteiger partial charge in [-0.25, -0.2) is 4.98 Å². The fraction of sp³-hybridized carbons (Fsp3) is 0.545. The first-order chi connectivity index (χ1) is 7.89. The molecule has 0 amide bonds.